The van der Waals surface area contributed by atoms with Crippen LogP contribution < -0.4 is 0 Å². The lowest BCUT2D eigenvalue weighted by molar-refractivity contribution is 0.0982. The van der Waals surface area contributed by atoms with E-state index in [9.17, 15) is 9.59 Å². The zero-order valence-electron chi connectivity index (χ0n) is 10.6. The Kier molecular flexibility index (Phi) is 4.94. The fourth-order valence-electron chi connectivity index (χ4n) is 1.86. The Bertz CT molecular complexity index is 633. The predicted molar refractivity (Wildman–Crippen MR) is 80.9 cm³/mol. The van der Waals surface area contributed by atoms with Crippen molar-refractivity contribution >= 4 is 35.3 Å². The Labute approximate surface area is 127 Å². The molecule has 0 amide bonds. The molecule has 2 aromatic rings. The molecule has 0 aliphatic rings. The van der Waals surface area contributed by atoms with Gasteiger partial charge in [-0.2, -0.15) is 0 Å². The molecular weight excluding hydrogens is 295 g/mol. The van der Waals surface area contributed by atoms with Crippen LogP contribution in [0, 0.1) is 0 Å². The zero-order chi connectivity index (χ0) is 14.5. The summed E-state index contributed by atoms with van der Waals surface area (Å²) in [6.07, 6.45) is 1.67. The van der Waals surface area contributed by atoms with E-state index in [4.69, 9.17) is 23.2 Å². The summed E-state index contributed by atoms with van der Waals surface area (Å²) >= 11 is 11.9. The minimum atomic E-state index is 0.0217. The number of carbonyl (C=O) groups excluding carboxylic acids is 2. The molecule has 0 bridgehead atoms. The summed E-state index contributed by atoms with van der Waals surface area (Å²) in [6.45, 7) is 0. The van der Waals surface area contributed by atoms with Crippen LogP contribution in [-0.4, -0.2) is 12.1 Å². The second-order valence-electron chi connectivity index (χ2n) is 4.40. The average molecular weight is 307 g/mol. The van der Waals surface area contributed by atoms with Crippen LogP contribution >= 0.6 is 23.2 Å². The van der Waals surface area contributed by atoms with Crippen molar-refractivity contribution in [3.8, 4) is 0 Å². The molecule has 0 spiro atoms. The highest BCUT2D eigenvalue weighted by Crippen LogP contribution is 2.22. The molecular formula is C16H12Cl2O2. The maximum absolute atomic E-state index is 12.0. The van der Waals surface area contributed by atoms with Crippen LogP contribution in [0.5, 0.6) is 0 Å². The van der Waals surface area contributed by atoms with E-state index in [-0.39, 0.29) is 5.78 Å². The van der Waals surface area contributed by atoms with Crippen molar-refractivity contribution in [2.45, 2.75) is 12.8 Å². The van der Waals surface area contributed by atoms with E-state index in [1.807, 2.05) is 6.07 Å². The molecule has 2 rings (SSSR count). The minimum Gasteiger partial charge on any atom is -0.298 e. The molecule has 0 atom stereocenters. The second-order valence-corrected chi connectivity index (χ2v) is 5.24. The first-order valence-corrected chi connectivity index (χ1v) is 6.88. The van der Waals surface area contributed by atoms with Crippen molar-refractivity contribution in [3.63, 3.8) is 0 Å². The van der Waals surface area contributed by atoms with E-state index in [2.05, 4.69) is 0 Å². The highest BCUT2D eigenvalue weighted by Gasteiger charge is 2.08. The monoisotopic (exact) mass is 306 g/mol. The van der Waals surface area contributed by atoms with Crippen molar-refractivity contribution in [3.05, 3.63) is 69.2 Å². The van der Waals surface area contributed by atoms with Gasteiger partial charge in [-0.25, -0.2) is 0 Å². The van der Waals surface area contributed by atoms with E-state index in [0.717, 1.165) is 11.8 Å². The van der Waals surface area contributed by atoms with Gasteiger partial charge in [-0.05, 0) is 24.1 Å². The molecule has 0 aliphatic heterocycles. The number of carbonyl (C=O) groups is 2. The van der Waals surface area contributed by atoms with Crippen LogP contribution in [0.4, 0.5) is 0 Å². The third-order valence-electron chi connectivity index (χ3n) is 3.01. The van der Waals surface area contributed by atoms with Crippen molar-refractivity contribution in [1.29, 1.82) is 0 Å². The number of benzene rings is 2. The molecule has 0 aromatic heterocycles. The maximum atomic E-state index is 12.0. The summed E-state index contributed by atoms with van der Waals surface area (Å²) in [5.74, 6) is 0.0217. The van der Waals surface area contributed by atoms with Gasteiger partial charge in [-0.1, -0.05) is 53.5 Å². The van der Waals surface area contributed by atoms with Gasteiger partial charge in [-0.3, -0.25) is 9.59 Å². The van der Waals surface area contributed by atoms with Crippen molar-refractivity contribution < 1.29 is 9.59 Å². The van der Waals surface area contributed by atoms with E-state index in [1.165, 1.54) is 0 Å². The van der Waals surface area contributed by atoms with Crippen LogP contribution in [0.2, 0.25) is 10.0 Å². The predicted octanol–water partition coefficient (Wildman–Crippen LogP) is 4.62. The second kappa shape index (κ2) is 6.69. The zero-order valence-corrected chi connectivity index (χ0v) is 12.1. The van der Waals surface area contributed by atoms with Gasteiger partial charge in [0, 0.05) is 27.6 Å². The van der Waals surface area contributed by atoms with Crippen LogP contribution in [-0.2, 0) is 6.42 Å². The largest absolute Gasteiger partial charge is 0.298 e. The van der Waals surface area contributed by atoms with Gasteiger partial charge in [0.05, 0.1) is 0 Å². The van der Waals surface area contributed by atoms with E-state index in [0.29, 0.717) is 34.0 Å². The molecule has 0 aliphatic carbocycles. The molecule has 0 saturated carbocycles. The van der Waals surface area contributed by atoms with Gasteiger partial charge < -0.3 is 0 Å². The van der Waals surface area contributed by atoms with Crippen LogP contribution in [0.15, 0.2) is 42.5 Å². The third-order valence-corrected chi connectivity index (χ3v) is 3.59. The Morgan fingerprint density at radius 3 is 2.35 bits per heavy atom. The number of aldehydes is 1. The third kappa shape index (κ3) is 3.69. The number of hydrogen-bond donors (Lipinski definition) is 0. The highest BCUT2D eigenvalue weighted by molar-refractivity contribution is 6.35. The highest BCUT2D eigenvalue weighted by atomic mass is 35.5. The van der Waals surface area contributed by atoms with Gasteiger partial charge in [0.1, 0.15) is 6.29 Å². The lowest BCUT2D eigenvalue weighted by Gasteiger charge is -2.05. The Balaban J connectivity index is 2.02. The Morgan fingerprint density at radius 1 is 1.05 bits per heavy atom. The average Bonchev–Trinajstić information content (AvgIpc) is 2.46. The van der Waals surface area contributed by atoms with E-state index < -0.39 is 0 Å². The summed E-state index contributed by atoms with van der Waals surface area (Å²) in [5, 5.41) is 1.15. The summed E-state index contributed by atoms with van der Waals surface area (Å²) in [6, 6.07) is 11.8. The number of halogens is 2. The first kappa shape index (κ1) is 14.8. The number of Topliss-reactive ketones (excluding diaryl/α,β-unsaturated/α-hetero) is 1. The maximum Gasteiger partial charge on any atom is 0.163 e. The van der Waals surface area contributed by atoms with Crippen LogP contribution in [0.3, 0.4) is 0 Å². The standard InChI is InChI=1S/C16H12Cl2O2/c17-14-7-5-12(15(18)9-14)6-8-16(20)13-3-1-11(10-19)2-4-13/h1-5,7,9-10H,6,8H2. The van der Waals surface area contributed by atoms with Gasteiger partial charge in [0.2, 0.25) is 0 Å². The smallest absolute Gasteiger partial charge is 0.163 e. The number of hydrogen-bond acceptors (Lipinski definition) is 2. The van der Waals surface area contributed by atoms with Crippen LogP contribution in [0.1, 0.15) is 32.7 Å². The molecule has 102 valence electrons. The molecule has 0 fully saturated rings. The fraction of sp³-hybridized carbons (Fsp3) is 0.125. The first-order chi connectivity index (χ1) is 9.60. The summed E-state index contributed by atoms with van der Waals surface area (Å²) in [5.41, 5.74) is 2.05. The lowest BCUT2D eigenvalue weighted by atomic mass is 10.0. The van der Waals surface area contributed by atoms with Gasteiger partial charge in [0.15, 0.2) is 5.78 Å². The Morgan fingerprint density at radius 2 is 1.75 bits per heavy atom. The van der Waals surface area contributed by atoms with E-state index in [1.54, 1.807) is 36.4 Å². The Hall–Kier alpha value is -1.64. The quantitative estimate of drug-likeness (QED) is 0.596. The molecule has 20 heavy (non-hydrogen) atoms. The first-order valence-electron chi connectivity index (χ1n) is 6.12. The van der Waals surface area contributed by atoms with Gasteiger partial charge in [-0.15, -0.1) is 0 Å². The molecule has 0 N–H and O–H groups in total. The molecule has 2 aromatic carbocycles. The van der Waals surface area contributed by atoms with Crippen molar-refractivity contribution in [2.24, 2.45) is 0 Å². The molecule has 0 radical (unpaired) electrons. The van der Waals surface area contributed by atoms with E-state index >= 15 is 0 Å². The minimum absolute atomic E-state index is 0.0217. The van der Waals surface area contributed by atoms with Crippen molar-refractivity contribution in [2.75, 3.05) is 0 Å². The molecule has 0 unspecified atom stereocenters. The van der Waals surface area contributed by atoms with Crippen LogP contribution in [0.25, 0.3) is 0 Å². The topological polar surface area (TPSA) is 34.1 Å². The van der Waals surface area contributed by atoms with Gasteiger partial charge in [0.25, 0.3) is 0 Å². The summed E-state index contributed by atoms with van der Waals surface area (Å²) in [7, 11) is 0. The SMILES string of the molecule is O=Cc1ccc(C(=O)CCc2ccc(Cl)cc2Cl)cc1. The number of rotatable bonds is 5. The number of ketones is 1. The summed E-state index contributed by atoms with van der Waals surface area (Å²) < 4.78 is 0. The lowest BCUT2D eigenvalue weighted by Crippen LogP contribution is -2.01. The molecule has 2 nitrogen and oxygen atoms in total. The van der Waals surface area contributed by atoms with Crippen molar-refractivity contribution in [1.82, 2.24) is 0 Å². The summed E-state index contributed by atoms with van der Waals surface area (Å²) in [4.78, 5) is 22.6. The van der Waals surface area contributed by atoms with Gasteiger partial charge >= 0.3 is 0 Å². The molecule has 4 heteroatoms. The fourth-order valence-corrected chi connectivity index (χ4v) is 2.37. The normalized spacial score (nSPS) is 10.3. The molecule has 0 heterocycles. The number of aryl methyl sites for hydroxylation is 1. The molecule has 0 saturated heterocycles.